The number of hydrogen-bond donors (Lipinski definition) is 2. The molecule has 0 aliphatic carbocycles. The maximum absolute atomic E-state index is 12.2. The van der Waals surface area contributed by atoms with Crippen molar-refractivity contribution in [3.8, 4) is 0 Å². The van der Waals surface area contributed by atoms with Gasteiger partial charge in [0.2, 0.25) is 0 Å². The van der Waals surface area contributed by atoms with Crippen LogP contribution in [-0.2, 0) is 0 Å². The van der Waals surface area contributed by atoms with E-state index in [4.69, 9.17) is 5.73 Å². The number of hydrogen-bond acceptors (Lipinski definition) is 3. The second kappa shape index (κ2) is 5.84. The van der Waals surface area contributed by atoms with Crippen LogP contribution in [0.25, 0.3) is 0 Å². The summed E-state index contributed by atoms with van der Waals surface area (Å²) in [6.07, 6.45) is 1.70. The van der Waals surface area contributed by atoms with Gasteiger partial charge < -0.3 is 11.1 Å². The molecule has 0 saturated heterocycles. The largest absolute Gasteiger partial charge is 0.398 e. The number of aromatic nitrogens is 1. The number of carbonyl (C=O) groups is 1. The first-order chi connectivity index (χ1) is 9.09. The third-order valence-electron chi connectivity index (χ3n) is 2.75. The van der Waals surface area contributed by atoms with Crippen molar-refractivity contribution in [2.24, 2.45) is 0 Å². The Labute approximate surface area is 120 Å². The molecule has 1 aromatic heterocycles. The van der Waals surface area contributed by atoms with Gasteiger partial charge in [-0.15, -0.1) is 0 Å². The molecule has 2 aromatic rings. The third kappa shape index (κ3) is 3.12. The van der Waals surface area contributed by atoms with Gasteiger partial charge in [0, 0.05) is 11.9 Å². The van der Waals surface area contributed by atoms with Crippen LogP contribution in [0.1, 0.15) is 29.0 Å². The molecule has 0 fully saturated rings. The molecule has 4 nitrogen and oxygen atoms in total. The lowest BCUT2D eigenvalue weighted by atomic mass is 10.1. The molecule has 0 radical (unpaired) electrons. The van der Waals surface area contributed by atoms with E-state index in [-0.39, 0.29) is 11.9 Å². The summed E-state index contributed by atoms with van der Waals surface area (Å²) in [6.45, 7) is 1.89. The van der Waals surface area contributed by atoms with Crippen LogP contribution in [0.3, 0.4) is 0 Å². The average Bonchev–Trinajstić information content (AvgIpc) is 2.42. The molecule has 0 aliphatic heterocycles. The molecule has 0 saturated carbocycles. The smallest absolute Gasteiger partial charge is 0.253 e. The highest BCUT2D eigenvalue weighted by Gasteiger charge is 2.15. The SMILES string of the molecule is CC(NC(=O)c1cccc(N)c1Br)c1ccccn1. The monoisotopic (exact) mass is 319 g/mol. The Balaban J connectivity index is 2.16. The van der Waals surface area contributed by atoms with Crippen LogP contribution < -0.4 is 11.1 Å². The summed E-state index contributed by atoms with van der Waals surface area (Å²) in [5.74, 6) is -0.183. The highest BCUT2D eigenvalue weighted by atomic mass is 79.9. The lowest BCUT2D eigenvalue weighted by Gasteiger charge is -2.14. The summed E-state index contributed by atoms with van der Waals surface area (Å²) in [7, 11) is 0. The fourth-order valence-corrected chi connectivity index (χ4v) is 2.15. The highest BCUT2D eigenvalue weighted by molar-refractivity contribution is 9.10. The second-order valence-corrected chi connectivity index (χ2v) is 4.95. The molecule has 5 heteroatoms. The first kappa shape index (κ1) is 13.5. The van der Waals surface area contributed by atoms with Crippen LogP contribution in [0.2, 0.25) is 0 Å². The van der Waals surface area contributed by atoms with E-state index < -0.39 is 0 Å². The normalized spacial score (nSPS) is 11.9. The van der Waals surface area contributed by atoms with Crippen molar-refractivity contribution in [1.29, 1.82) is 0 Å². The Kier molecular flexibility index (Phi) is 4.16. The van der Waals surface area contributed by atoms with Crippen LogP contribution >= 0.6 is 15.9 Å². The van der Waals surface area contributed by atoms with E-state index in [1.54, 1.807) is 24.4 Å². The molecule has 0 aliphatic rings. The number of carbonyl (C=O) groups excluding carboxylic acids is 1. The van der Waals surface area contributed by atoms with Gasteiger partial charge in [0.25, 0.3) is 5.91 Å². The first-order valence-electron chi connectivity index (χ1n) is 5.85. The maximum Gasteiger partial charge on any atom is 0.253 e. The predicted molar refractivity (Wildman–Crippen MR) is 78.7 cm³/mol. The molecule has 2 rings (SSSR count). The van der Waals surface area contributed by atoms with Gasteiger partial charge in [0.1, 0.15) is 0 Å². The van der Waals surface area contributed by atoms with Crippen molar-refractivity contribution in [2.45, 2.75) is 13.0 Å². The van der Waals surface area contributed by atoms with Gasteiger partial charge in [0.05, 0.1) is 21.8 Å². The van der Waals surface area contributed by atoms with Crippen LogP contribution in [0.15, 0.2) is 47.1 Å². The Bertz CT molecular complexity index is 586. The highest BCUT2D eigenvalue weighted by Crippen LogP contribution is 2.24. The molecule has 3 N–H and O–H groups in total. The maximum atomic E-state index is 12.2. The number of anilines is 1. The fourth-order valence-electron chi connectivity index (χ4n) is 1.71. The quantitative estimate of drug-likeness (QED) is 0.855. The Hall–Kier alpha value is -1.88. The summed E-state index contributed by atoms with van der Waals surface area (Å²) >= 11 is 3.33. The van der Waals surface area contributed by atoms with Crippen LogP contribution in [0.5, 0.6) is 0 Å². The number of rotatable bonds is 3. The van der Waals surface area contributed by atoms with Gasteiger partial charge in [-0.3, -0.25) is 9.78 Å². The summed E-state index contributed by atoms with van der Waals surface area (Å²) in [4.78, 5) is 16.4. The zero-order valence-corrected chi connectivity index (χ0v) is 12.0. The molecule has 19 heavy (non-hydrogen) atoms. The third-order valence-corrected chi connectivity index (χ3v) is 3.64. The van der Waals surface area contributed by atoms with E-state index in [0.717, 1.165) is 5.69 Å². The molecule has 1 unspecified atom stereocenters. The molecule has 1 amide bonds. The number of nitrogens with zero attached hydrogens (tertiary/aromatic N) is 1. The molecular formula is C14H14BrN3O. The van der Waals surface area contributed by atoms with Crippen molar-refractivity contribution in [2.75, 3.05) is 5.73 Å². The van der Waals surface area contributed by atoms with E-state index in [9.17, 15) is 4.79 Å². The minimum atomic E-state index is -0.183. The van der Waals surface area contributed by atoms with Crippen molar-refractivity contribution in [3.63, 3.8) is 0 Å². The first-order valence-corrected chi connectivity index (χ1v) is 6.64. The lowest BCUT2D eigenvalue weighted by molar-refractivity contribution is 0.0938. The summed E-state index contributed by atoms with van der Waals surface area (Å²) < 4.78 is 0.612. The minimum absolute atomic E-state index is 0.165. The number of pyridine rings is 1. The van der Waals surface area contributed by atoms with E-state index >= 15 is 0 Å². The van der Waals surface area contributed by atoms with Gasteiger partial charge in [-0.25, -0.2) is 0 Å². The zero-order chi connectivity index (χ0) is 13.8. The summed E-state index contributed by atoms with van der Waals surface area (Å²) in [5, 5.41) is 2.89. The topological polar surface area (TPSA) is 68.0 Å². The van der Waals surface area contributed by atoms with Gasteiger partial charge in [-0.1, -0.05) is 12.1 Å². The molecular weight excluding hydrogens is 306 g/mol. The van der Waals surface area contributed by atoms with Gasteiger partial charge in [-0.2, -0.15) is 0 Å². The summed E-state index contributed by atoms with van der Waals surface area (Å²) in [6, 6.07) is 10.7. The lowest BCUT2D eigenvalue weighted by Crippen LogP contribution is -2.27. The molecule has 1 atom stereocenters. The van der Waals surface area contributed by atoms with Gasteiger partial charge in [-0.05, 0) is 47.1 Å². The number of halogens is 1. The van der Waals surface area contributed by atoms with E-state index in [2.05, 4.69) is 26.2 Å². The molecule has 0 spiro atoms. The van der Waals surface area contributed by atoms with Crippen LogP contribution in [0.4, 0.5) is 5.69 Å². The van der Waals surface area contributed by atoms with Crippen LogP contribution in [-0.4, -0.2) is 10.9 Å². The molecule has 0 bridgehead atoms. The molecule has 1 aromatic carbocycles. The van der Waals surface area contributed by atoms with Crippen molar-refractivity contribution in [1.82, 2.24) is 10.3 Å². The minimum Gasteiger partial charge on any atom is -0.398 e. The second-order valence-electron chi connectivity index (χ2n) is 4.16. The standard InChI is InChI=1S/C14H14BrN3O/c1-9(12-7-2-3-8-17-12)18-14(19)10-5-4-6-11(16)13(10)15/h2-9H,16H2,1H3,(H,18,19). The van der Waals surface area contributed by atoms with E-state index in [1.807, 2.05) is 25.1 Å². The molecule has 98 valence electrons. The van der Waals surface area contributed by atoms with Crippen LogP contribution in [0, 0.1) is 0 Å². The summed E-state index contributed by atoms with van der Waals surface area (Å²) in [5.41, 5.74) is 7.63. The van der Waals surface area contributed by atoms with Crippen molar-refractivity contribution in [3.05, 3.63) is 58.3 Å². The Morgan fingerprint density at radius 2 is 2.11 bits per heavy atom. The Morgan fingerprint density at radius 1 is 1.32 bits per heavy atom. The number of nitrogens with one attached hydrogen (secondary N) is 1. The van der Waals surface area contributed by atoms with E-state index in [0.29, 0.717) is 15.7 Å². The zero-order valence-electron chi connectivity index (χ0n) is 10.4. The van der Waals surface area contributed by atoms with E-state index in [1.165, 1.54) is 0 Å². The number of nitrogens with two attached hydrogens (primary N) is 1. The fraction of sp³-hybridized carbons (Fsp3) is 0.143. The van der Waals surface area contributed by atoms with Crippen molar-refractivity contribution >= 4 is 27.5 Å². The number of amides is 1. The molecule has 1 heterocycles. The Morgan fingerprint density at radius 3 is 2.79 bits per heavy atom. The number of nitrogen functional groups attached to an aromatic ring is 1. The predicted octanol–water partition coefficient (Wildman–Crippen LogP) is 2.92. The average molecular weight is 320 g/mol. The number of benzene rings is 1. The van der Waals surface area contributed by atoms with Gasteiger partial charge >= 0.3 is 0 Å². The van der Waals surface area contributed by atoms with Crippen molar-refractivity contribution < 1.29 is 4.79 Å². The van der Waals surface area contributed by atoms with Gasteiger partial charge in [0.15, 0.2) is 0 Å².